The number of carbonyl (C=O) groups is 1. The summed E-state index contributed by atoms with van der Waals surface area (Å²) in [7, 11) is 1.58. The molecule has 0 aliphatic carbocycles. The second-order valence-corrected chi connectivity index (χ2v) is 3.44. The van der Waals surface area contributed by atoms with Gasteiger partial charge in [-0.15, -0.1) is 0 Å². The van der Waals surface area contributed by atoms with Gasteiger partial charge in [0, 0.05) is 25.4 Å². The molecule has 1 rings (SSSR count). The van der Waals surface area contributed by atoms with Gasteiger partial charge in [0.05, 0.1) is 20.1 Å². The number of aromatic nitrogens is 1. The monoisotopic (exact) mass is 238 g/mol. The molecule has 1 heterocycles. The zero-order chi connectivity index (χ0) is 12.5. The van der Waals surface area contributed by atoms with Crippen LogP contribution in [0, 0.1) is 0 Å². The number of nitrogens with one attached hydrogen (secondary N) is 1. The molecule has 0 radical (unpaired) electrons. The molecule has 0 saturated heterocycles. The average molecular weight is 238 g/mol. The molecule has 0 bridgehead atoms. The van der Waals surface area contributed by atoms with Crippen molar-refractivity contribution in [3.05, 3.63) is 23.9 Å². The van der Waals surface area contributed by atoms with Crippen LogP contribution < -0.4 is 10.1 Å². The van der Waals surface area contributed by atoms with Crippen LogP contribution in [0.15, 0.2) is 18.3 Å². The van der Waals surface area contributed by atoms with Crippen LogP contribution in [0.25, 0.3) is 0 Å². The van der Waals surface area contributed by atoms with E-state index in [4.69, 9.17) is 9.47 Å². The number of hydrogen-bond acceptors (Lipinski definition) is 5. The minimum absolute atomic E-state index is 0.174. The third-order valence-corrected chi connectivity index (χ3v) is 2.15. The van der Waals surface area contributed by atoms with Crippen LogP contribution in [0.5, 0.6) is 5.88 Å². The Morgan fingerprint density at radius 2 is 2.35 bits per heavy atom. The summed E-state index contributed by atoms with van der Waals surface area (Å²) in [6.07, 6.45) is 2.08. The molecule has 1 aromatic heterocycles. The molecule has 17 heavy (non-hydrogen) atoms. The van der Waals surface area contributed by atoms with Crippen molar-refractivity contribution in [2.45, 2.75) is 19.9 Å². The van der Waals surface area contributed by atoms with E-state index in [0.29, 0.717) is 32.0 Å². The Balaban J connectivity index is 2.24. The van der Waals surface area contributed by atoms with E-state index in [1.807, 2.05) is 12.1 Å². The van der Waals surface area contributed by atoms with Gasteiger partial charge in [-0.2, -0.15) is 0 Å². The van der Waals surface area contributed by atoms with E-state index in [0.717, 1.165) is 5.56 Å². The molecule has 5 heteroatoms. The van der Waals surface area contributed by atoms with E-state index in [1.54, 1.807) is 20.2 Å². The summed E-state index contributed by atoms with van der Waals surface area (Å²) in [5.74, 6) is 0.419. The molecule has 0 aliphatic rings. The first kappa shape index (κ1) is 13.4. The van der Waals surface area contributed by atoms with Gasteiger partial charge in [-0.1, -0.05) is 0 Å². The van der Waals surface area contributed by atoms with Crippen molar-refractivity contribution in [1.82, 2.24) is 10.3 Å². The van der Waals surface area contributed by atoms with Gasteiger partial charge in [-0.05, 0) is 18.6 Å². The Morgan fingerprint density at radius 3 is 3.06 bits per heavy atom. The first-order valence-corrected chi connectivity index (χ1v) is 5.61. The van der Waals surface area contributed by atoms with Crippen LogP contribution in [0.4, 0.5) is 0 Å². The maximum Gasteiger partial charge on any atom is 0.307 e. The SMILES string of the molecule is CCOC(=O)CCNCc1ccnc(OC)c1. The van der Waals surface area contributed by atoms with Crippen LogP contribution in [-0.4, -0.2) is 31.2 Å². The highest BCUT2D eigenvalue weighted by molar-refractivity contribution is 5.69. The van der Waals surface area contributed by atoms with Gasteiger partial charge in [-0.25, -0.2) is 4.98 Å². The number of rotatable bonds is 7. The van der Waals surface area contributed by atoms with E-state index in [9.17, 15) is 4.79 Å². The van der Waals surface area contributed by atoms with E-state index < -0.39 is 0 Å². The number of nitrogens with zero attached hydrogens (tertiary/aromatic N) is 1. The highest BCUT2D eigenvalue weighted by Crippen LogP contribution is 2.07. The van der Waals surface area contributed by atoms with Crippen molar-refractivity contribution in [2.75, 3.05) is 20.3 Å². The summed E-state index contributed by atoms with van der Waals surface area (Å²) in [6, 6.07) is 3.76. The summed E-state index contributed by atoms with van der Waals surface area (Å²) in [6.45, 7) is 3.51. The van der Waals surface area contributed by atoms with Gasteiger partial charge in [0.2, 0.25) is 5.88 Å². The first-order chi connectivity index (χ1) is 8.26. The minimum atomic E-state index is -0.174. The smallest absolute Gasteiger partial charge is 0.307 e. The van der Waals surface area contributed by atoms with E-state index >= 15 is 0 Å². The topological polar surface area (TPSA) is 60.5 Å². The Hall–Kier alpha value is -1.62. The predicted molar refractivity (Wildman–Crippen MR) is 63.7 cm³/mol. The molecule has 0 saturated carbocycles. The van der Waals surface area contributed by atoms with E-state index in [2.05, 4.69) is 10.3 Å². The Labute approximate surface area is 101 Å². The standard InChI is InChI=1S/C12H18N2O3/c1-3-17-12(15)5-6-13-9-10-4-7-14-11(8-10)16-2/h4,7-8,13H,3,5-6,9H2,1-2H3. The van der Waals surface area contributed by atoms with Gasteiger partial charge in [0.25, 0.3) is 0 Å². The van der Waals surface area contributed by atoms with Crippen LogP contribution in [0.2, 0.25) is 0 Å². The number of hydrogen-bond donors (Lipinski definition) is 1. The number of methoxy groups -OCH3 is 1. The summed E-state index contributed by atoms with van der Waals surface area (Å²) in [4.78, 5) is 15.1. The van der Waals surface area contributed by atoms with Crippen LogP contribution in [-0.2, 0) is 16.1 Å². The number of carbonyl (C=O) groups excluding carboxylic acids is 1. The van der Waals surface area contributed by atoms with Crippen molar-refractivity contribution in [1.29, 1.82) is 0 Å². The van der Waals surface area contributed by atoms with Gasteiger partial charge in [-0.3, -0.25) is 4.79 Å². The lowest BCUT2D eigenvalue weighted by Gasteiger charge is -2.06. The van der Waals surface area contributed by atoms with Crippen molar-refractivity contribution in [2.24, 2.45) is 0 Å². The second-order valence-electron chi connectivity index (χ2n) is 3.44. The summed E-state index contributed by atoms with van der Waals surface area (Å²) in [5, 5.41) is 3.16. The van der Waals surface area contributed by atoms with Gasteiger partial charge in [0.15, 0.2) is 0 Å². The number of pyridine rings is 1. The second kappa shape index (κ2) is 7.62. The molecule has 0 spiro atoms. The number of ether oxygens (including phenoxy) is 2. The maximum absolute atomic E-state index is 11.1. The molecular weight excluding hydrogens is 220 g/mol. The summed E-state index contributed by atoms with van der Waals surface area (Å²) in [5.41, 5.74) is 1.07. The van der Waals surface area contributed by atoms with Crippen molar-refractivity contribution < 1.29 is 14.3 Å². The third-order valence-electron chi connectivity index (χ3n) is 2.15. The molecule has 0 aromatic carbocycles. The maximum atomic E-state index is 11.1. The molecule has 5 nitrogen and oxygen atoms in total. The molecular formula is C12H18N2O3. The fraction of sp³-hybridized carbons (Fsp3) is 0.500. The predicted octanol–water partition coefficient (Wildman–Crippen LogP) is 1.13. The van der Waals surface area contributed by atoms with E-state index in [1.165, 1.54) is 0 Å². The summed E-state index contributed by atoms with van der Waals surface area (Å²) < 4.78 is 9.84. The average Bonchev–Trinajstić information content (AvgIpc) is 2.35. The number of esters is 1. The van der Waals surface area contributed by atoms with Crippen molar-refractivity contribution >= 4 is 5.97 Å². The zero-order valence-corrected chi connectivity index (χ0v) is 10.2. The first-order valence-electron chi connectivity index (χ1n) is 5.61. The van der Waals surface area contributed by atoms with Crippen LogP contribution in [0.1, 0.15) is 18.9 Å². The van der Waals surface area contributed by atoms with Crippen LogP contribution >= 0.6 is 0 Å². The van der Waals surface area contributed by atoms with Gasteiger partial charge < -0.3 is 14.8 Å². The highest BCUT2D eigenvalue weighted by Gasteiger charge is 2.01. The molecule has 1 N–H and O–H groups in total. The molecule has 0 aliphatic heterocycles. The van der Waals surface area contributed by atoms with Crippen LogP contribution in [0.3, 0.4) is 0 Å². The fourth-order valence-corrected chi connectivity index (χ4v) is 1.33. The lowest BCUT2D eigenvalue weighted by molar-refractivity contribution is -0.142. The highest BCUT2D eigenvalue weighted by atomic mass is 16.5. The molecule has 0 unspecified atom stereocenters. The Morgan fingerprint density at radius 1 is 1.53 bits per heavy atom. The lowest BCUT2D eigenvalue weighted by Crippen LogP contribution is -2.19. The quantitative estimate of drug-likeness (QED) is 0.570. The molecule has 94 valence electrons. The van der Waals surface area contributed by atoms with Gasteiger partial charge in [0.1, 0.15) is 0 Å². The van der Waals surface area contributed by atoms with E-state index in [-0.39, 0.29) is 5.97 Å². The zero-order valence-electron chi connectivity index (χ0n) is 10.2. The lowest BCUT2D eigenvalue weighted by atomic mass is 10.2. The molecule has 0 amide bonds. The van der Waals surface area contributed by atoms with Crippen molar-refractivity contribution in [3.63, 3.8) is 0 Å². The fourth-order valence-electron chi connectivity index (χ4n) is 1.33. The van der Waals surface area contributed by atoms with Gasteiger partial charge >= 0.3 is 5.97 Å². The molecule has 0 atom stereocenters. The third kappa shape index (κ3) is 5.31. The molecule has 0 fully saturated rings. The van der Waals surface area contributed by atoms with Crippen molar-refractivity contribution in [3.8, 4) is 5.88 Å². The largest absolute Gasteiger partial charge is 0.481 e. The summed E-state index contributed by atoms with van der Waals surface area (Å²) >= 11 is 0. The molecule has 1 aromatic rings. The Kier molecular flexibility index (Phi) is 6.03. The Bertz CT molecular complexity index is 355. The normalized spacial score (nSPS) is 10.0. The minimum Gasteiger partial charge on any atom is -0.481 e.